The zero-order chi connectivity index (χ0) is 19.1. The number of thiazole rings is 1. The van der Waals surface area contributed by atoms with Crippen molar-refractivity contribution in [1.29, 1.82) is 0 Å². The number of benzene rings is 2. The van der Waals surface area contributed by atoms with E-state index in [1.807, 2.05) is 6.20 Å². The lowest BCUT2D eigenvalue weighted by atomic mass is 9.92. The summed E-state index contributed by atoms with van der Waals surface area (Å²) in [5.41, 5.74) is 6.18. The molecule has 0 spiro atoms. The molecule has 0 saturated heterocycles. The summed E-state index contributed by atoms with van der Waals surface area (Å²) in [4.78, 5) is 9.31. The molecular formula is C23H25N3S. The fourth-order valence-electron chi connectivity index (χ4n) is 3.67. The molecule has 0 bridgehead atoms. The molecule has 0 aliphatic heterocycles. The molecule has 27 heavy (non-hydrogen) atoms. The Morgan fingerprint density at radius 3 is 2.33 bits per heavy atom. The fourth-order valence-corrected chi connectivity index (χ4v) is 4.53. The highest BCUT2D eigenvalue weighted by atomic mass is 32.1. The lowest BCUT2D eigenvalue weighted by Crippen LogP contribution is -2.07. The Hall–Kier alpha value is -2.46. The van der Waals surface area contributed by atoms with Crippen molar-refractivity contribution in [2.45, 2.75) is 46.5 Å². The number of imidazole rings is 1. The quantitative estimate of drug-likeness (QED) is 0.397. The summed E-state index contributed by atoms with van der Waals surface area (Å²) in [6, 6.07) is 13.1. The second kappa shape index (κ2) is 6.93. The van der Waals surface area contributed by atoms with Gasteiger partial charge in [0.05, 0.1) is 20.9 Å². The van der Waals surface area contributed by atoms with Crippen LogP contribution in [0.5, 0.6) is 0 Å². The second-order valence-electron chi connectivity index (χ2n) is 7.63. The lowest BCUT2D eigenvalue weighted by molar-refractivity contribution is 0.807. The van der Waals surface area contributed by atoms with E-state index in [4.69, 9.17) is 4.98 Å². The molecule has 0 fully saturated rings. The van der Waals surface area contributed by atoms with E-state index in [9.17, 15) is 0 Å². The van der Waals surface area contributed by atoms with Crippen LogP contribution in [0.4, 0.5) is 0 Å². The monoisotopic (exact) mass is 375 g/mol. The first-order chi connectivity index (χ1) is 13.0. The van der Waals surface area contributed by atoms with Crippen LogP contribution in [0.3, 0.4) is 0 Å². The smallest absolute Gasteiger partial charge is 0.144 e. The van der Waals surface area contributed by atoms with Gasteiger partial charge in [0, 0.05) is 18.0 Å². The van der Waals surface area contributed by atoms with Crippen LogP contribution in [0.2, 0.25) is 0 Å². The first kappa shape index (κ1) is 17.9. The third-order valence-corrected chi connectivity index (χ3v) is 5.91. The Kier molecular flexibility index (Phi) is 4.60. The van der Waals surface area contributed by atoms with E-state index >= 15 is 0 Å². The van der Waals surface area contributed by atoms with Gasteiger partial charge in [-0.1, -0.05) is 45.9 Å². The third-order valence-electron chi connectivity index (χ3n) is 4.98. The number of aromatic nitrogens is 3. The summed E-state index contributed by atoms with van der Waals surface area (Å²) in [6.07, 6.45) is 3.99. The number of rotatable bonds is 4. The van der Waals surface area contributed by atoms with Gasteiger partial charge >= 0.3 is 0 Å². The average molecular weight is 376 g/mol. The summed E-state index contributed by atoms with van der Waals surface area (Å²) < 4.78 is 3.47. The molecule has 0 aliphatic rings. The predicted octanol–water partition coefficient (Wildman–Crippen LogP) is 6.70. The van der Waals surface area contributed by atoms with Gasteiger partial charge in [-0.25, -0.2) is 9.97 Å². The van der Waals surface area contributed by atoms with Crippen LogP contribution in [0, 0.1) is 6.92 Å². The molecular weight excluding hydrogens is 350 g/mol. The average Bonchev–Trinajstić information content (AvgIpc) is 3.25. The molecule has 0 radical (unpaired) electrons. The Bertz CT molecular complexity index is 1080. The van der Waals surface area contributed by atoms with Crippen LogP contribution in [0.1, 0.15) is 55.7 Å². The van der Waals surface area contributed by atoms with Crippen LogP contribution in [-0.4, -0.2) is 14.5 Å². The Balaban J connectivity index is 1.94. The molecule has 2 aromatic carbocycles. The first-order valence-electron chi connectivity index (χ1n) is 9.49. The molecule has 138 valence electrons. The number of nitrogens with zero attached hydrogens (tertiary/aromatic N) is 3. The van der Waals surface area contributed by atoms with E-state index in [1.165, 1.54) is 21.5 Å². The van der Waals surface area contributed by atoms with Crippen molar-refractivity contribution in [2.75, 3.05) is 0 Å². The number of para-hydroxylation sites is 1. The van der Waals surface area contributed by atoms with E-state index in [1.54, 1.807) is 11.3 Å². The number of fused-ring (bicyclic) bond motifs is 1. The normalized spacial score (nSPS) is 11.8. The Labute approximate surface area is 164 Å². The molecule has 0 unspecified atom stereocenters. The van der Waals surface area contributed by atoms with Gasteiger partial charge in [-0.3, -0.25) is 4.57 Å². The predicted molar refractivity (Wildman–Crippen MR) is 115 cm³/mol. The summed E-state index contributed by atoms with van der Waals surface area (Å²) in [5.74, 6) is 1.87. The zero-order valence-electron chi connectivity index (χ0n) is 16.5. The van der Waals surface area contributed by atoms with Gasteiger partial charge in [0.25, 0.3) is 0 Å². The summed E-state index contributed by atoms with van der Waals surface area (Å²) >= 11 is 1.73. The molecule has 0 amide bonds. The summed E-state index contributed by atoms with van der Waals surface area (Å²) in [5, 5.41) is 1.10. The number of aryl methyl sites for hydroxylation is 1. The Morgan fingerprint density at radius 2 is 1.67 bits per heavy atom. The molecule has 4 rings (SSSR count). The molecule has 3 nitrogen and oxygen atoms in total. The van der Waals surface area contributed by atoms with E-state index in [0.717, 1.165) is 21.9 Å². The van der Waals surface area contributed by atoms with Gasteiger partial charge in [0.1, 0.15) is 5.82 Å². The third kappa shape index (κ3) is 3.19. The molecule has 2 heterocycles. The van der Waals surface area contributed by atoms with Crippen molar-refractivity contribution >= 4 is 21.6 Å². The minimum atomic E-state index is 0.445. The van der Waals surface area contributed by atoms with Crippen molar-refractivity contribution < 1.29 is 0 Å². The summed E-state index contributed by atoms with van der Waals surface area (Å²) in [6.45, 7) is 11.1. The number of hydrogen-bond donors (Lipinski definition) is 0. The molecule has 0 saturated carbocycles. The largest absolute Gasteiger partial charge is 0.299 e. The van der Waals surface area contributed by atoms with Gasteiger partial charge in [0.15, 0.2) is 0 Å². The molecule has 4 aromatic rings. The minimum absolute atomic E-state index is 0.445. The fraction of sp³-hybridized carbons (Fsp3) is 0.304. The van der Waals surface area contributed by atoms with Crippen LogP contribution in [0.15, 0.2) is 48.8 Å². The van der Waals surface area contributed by atoms with Crippen LogP contribution in [-0.2, 0) is 0 Å². The molecule has 0 aliphatic carbocycles. The van der Waals surface area contributed by atoms with E-state index < -0.39 is 0 Å². The minimum Gasteiger partial charge on any atom is -0.299 e. The van der Waals surface area contributed by atoms with Crippen LogP contribution < -0.4 is 0 Å². The maximum absolute atomic E-state index is 4.72. The van der Waals surface area contributed by atoms with E-state index in [2.05, 4.69) is 86.8 Å². The molecule has 2 aromatic heterocycles. The van der Waals surface area contributed by atoms with Crippen molar-refractivity contribution in [3.05, 3.63) is 64.9 Å². The van der Waals surface area contributed by atoms with Gasteiger partial charge in [-0.2, -0.15) is 0 Å². The van der Waals surface area contributed by atoms with E-state index in [0.29, 0.717) is 11.8 Å². The van der Waals surface area contributed by atoms with Gasteiger partial charge in [-0.05, 0) is 48.1 Å². The highest BCUT2D eigenvalue weighted by Gasteiger charge is 2.18. The zero-order valence-corrected chi connectivity index (χ0v) is 17.3. The lowest BCUT2D eigenvalue weighted by Gasteiger charge is -2.21. The first-order valence-corrected chi connectivity index (χ1v) is 10.3. The molecule has 0 N–H and O–H groups in total. The van der Waals surface area contributed by atoms with Crippen LogP contribution in [0.25, 0.3) is 27.3 Å². The SMILES string of the molecule is Cc1nc2ccc(-c3nccn3-c3c(C(C)C)cccc3C(C)C)cc2s1. The maximum atomic E-state index is 4.72. The van der Waals surface area contributed by atoms with Gasteiger partial charge in [-0.15, -0.1) is 11.3 Å². The Morgan fingerprint density at radius 1 is 0.963 bits per heavy atom. The standard InChI is InChI=1S/C23H25N3S/c1-14(2)18-7-6-8-19(15(3)4)22(18)26-12-11-24-23(26)17-9-10-20-21(13-17)27-16(5)25-20/h6-15H,1-5H3. The van der Waals surface area contributed by atoms with Gasteiger partial charge < -0.3 is 0 Å². The molecule has 4 heteroatoms. The molecule has 0 atom stereocenters. The summed E-state index contributed by atoms with van der Waals surface area (Å²) in [7, 11) is 0. The maximum Gasteiger partial charge on any atom is 0.144 e. The van der Waals surface area contributed by atoms with Crippen molar-refractivity contribution in [2.24, 2.45) is 0 Å². The second-order valence-corrected chi connectivity index (χ2v) is 8.87. The highest BCUT2D eigenvalue weighted by Crippen LogP contribution is 2.35. The van der Waals surface area contributed by atoms with E-state index in [-0.39, 0.29) is 0 Å². The van der Waals surface area contributed by atoms with Gasteiger partial charge in [0.2, 0.25) is 0 Å². The number of hydrogen-bond acceptors (Lipinski definition) is 3. The topological polar surface area (TPSA) is 30.7 Å². The highest BCUT2D eigenvalue weighted by molar-refractivity contribution is 7.18. The van der Waals surface area contributed by atoms with Crippen molar-refractivity contribution in [1.82, 2.24) is 14.5 Å². The van der Waals surface area contributed by atoms with Crippen molar-refractivity contribution in [3.8, 4) is 17.1 Å². The van der Waals surface area contributed by atoms with Crippen molar-refractivity contribution in [3.63, 3.8) is 0 Å². The van der Waals surface area contributed by atoms with Crippen LogP contribution >= 0.6 is 11.3 Å².